The van der Waals surface area contributed by atoms with Crippen molar-refractivity contribution in [2.24, 2.45) is 0 Å². The summed E-state index contributed by atoms with van der Waals surface area (Å²) >= 11 is 0. The molecule has 1 aromatic heterocycles. The van der Waals surface area contributed by atoms with E-state index in [9.17, 15) is 0 Å². The number of allylic oxidation sites excluding steroid dienone is 1. The first-order valence-electron chi connectivity index (χ1n) is 9.64. The maximum atomic E-state index is 3.50. The number of rotatable bonds is 6. The van der Waals surface area contributed by atoms with E-state index in [0.29, 0.717) is 0 Å². The molecule has 1 heteroatoms. The summed E-state index contributed by atoms with van der Waals surface area (Å²) in [6.07, 6.45) is 10.9. The van der Waals surface area contributed by atoms with Gasteiger partial charge in [0.05, 0.1) is 5.92 Å². The number of aryl methyl sites for hydroxylation is 1. The summed E-state index contributed by atoms with van der Waals surface area (Å²) in [7, 11) is 0. The summed E-state index contributed by atoms with van der Waals surface area (Å²) in [6, 6.07) is 17.0. The fourth-order valence-corrected chi connectivity index (χ4v) is 3.24. The van der Waals surface area contributed by atoms with Crippen molar-refractivity contribution < 1.29 is 0 Å². The second kappa shape index (κ2) is 9.11. The molecule has 0 saturated heterocycles. The molecule has 0 aliphatic heterocycles. The van der Waals surface area contributed by atoms with Crippen LogP contribution in [0.3, 0.4) is 0 Å². The third-order valence-corrected chi connectivity index (χ3v) is 4.74. The Hall–Kier alpha value is -2.72. The Labute approximate surface area is 157 Å². The van der Waals surface area contributed by atoms with E-state index in [1.165, 1.54) is 34.0 Å². The Morgan fingerprint density at radius 1 is 1.04 bits per heavy atom. The minimum Gasteiger partial charge on any atom is -0.361 e. The molecule has 3 rings (SSSR count). The highest BCUT2D eigenvalue weighted by molar-refractivity contribution is 5.87. The average Bonchev–Trinajstić information content (AvgIpc) is 3.12. The van der Waals surface area contributed by atoms with E-state index in [0.717, 1.165) is 19.3 Å². The first kappa shape index (κ1) is 18.1. The molecule has 0 saturated carbocycles. The minimum absolute atomic E-state index is 0.105. The van der Waals surface area contributed by atoms with Gasteiger partial charge < -0.3 is 4.98 Å². The SMILES string of the molecule is CCCCC#CC(/C=C/c1ccccc1)c1c[nH]c2c(CC)cccc12. The molecular formula is C25H27N. The second-order valence-corrected chi connectivity index (χ2v) is 6.61. The number of H-pyrrole nitrogens is 1. The van der Waals surface area contributed by atoms with E-state index in [1.54, 1.807) is 0 Å². The van der Waals surface area contributed by atoms with E-state index in [4.69, 9.17) is 0 Å². The van der Waals surface area contributed by atoms with Crippen LogP contribution < -0.4 is 0 Å². The van der Waals surface area contributed by atoms with Crippen molar-refractivity contribution in [3.05, 3.63) is 77.5 Å². The first-order chi connectivity index (χ1) is 12.8. The summed E-state index contributed by atoms with van der Waals surface area (Å²) in [4.78, 5) is 3.49. The van der Waals surface area contributed by atoms with Crippen LogP contribution in [0.1, 0.15) is 55.7 Å². The summed E-state index contributed by atoms with van der Waals surface area (Å²) in [5.74, 6) is 6.99. The molecule has 1 unspecified atom stereocenters. The Kier molecular flexibility index (Phi) is 6.34. The Bertz CT molecular complexity index is 919. The van der Waals surface area contributed by atoms with Crippen LogP contribution in [0, 0.1) is 11.8 Å². The maximum Gasteiger partial charge on any atom is 0.0656 e. The Morgan fingerprint density at radius 3 is 2.65 bits per heavy atom. The molecule has 0 amide bonds. The highest BCUT2D eigenvalue weighted by atomic mass is 14.7. The number of para-hydroxylation sites is 1. The van der Waals surface area contributed by atoms with Gasteiger partial charge in [-0.15, -0.1) is 5.92 Å². The fraction of sp³-hybridized carbons (Fsp3) is 0.280. The van der Waals surface area contributed by atoms with E-state index < -0.39 is 0 Å². The van der Waals surface area contributed by atoms with Crippen LogP contribution in [-0.4, -0.2) is 4.98 Å². The molecule has 0 bridgehead atoms. The quantitative estimate of drug-likeness (QED) is 0.378. The zero-order valence-electron chi connectivity index (χ0n) is 15.8. The number of aromatic nitrogens is 1. The van der Waals surface area contributed by atoms with Gasteiger partial charge in [-0.25, -0.2) is 0 Å². The molecule has 132 valence electrons. The molecule has 1 atom stereocenters. The van der Waals surface area contributed by atoms with Crippen LogP contribution >= 0.6 is 0 Å². The van der Waals surface area contributed by atoms with Gasteiger partial charge in [-0.2, -0.15) is 0 Å². The van der Waals surface area contributed by atoms with Crippen LogP contribution in [0.15, 0.2) is 60.8 Å². The van der Waals surface area contributed by atoms with Crippen LogP contribution in [0.2, 0.25) is 0 Å². The van der Waals surface area contributed by atoms with Crippen LogP contribution in [0.5, 0.6) is 0 Å². The molecule has 2 aromatic carbocycles. The first-order valence-corrected chi connectivity index (χ1v) is 9.64. The van der Waals surface area contributed by atoms with Crippen molar-refractivity contribution >= 4 is 17.0 Å². The Balaban J connectivity index is 1.97. The lowest BCUT2D eigenvalue weighted by Crippen LogP contribution is -1.91. The van der Waals surface area contributed by atoms with Crippen LogP contribution in [-0.2, 0) is 6.42 Å². The number of fused-ring (bicyclic) bond motifs is 1. The van der Waals surface area contributed by atoms with Crippen molar-refractivity contribution in [1.82, 2.24) is 4.98 Å². The van der Waals surface area contributed by atoms with Crippen molar-refractivity contribution in [1.29, 1.82) is 0 Å². The number of nitrogens with one attached hydrogen (secondary N) is 1. The predicted octanol–water partition coefficient (Wildman–Crippen LogP) is 6.72. The number of hydrogen-bond donors (Lipinski definition) is 1. The molecule has 0 fully saturated rings. The molecule has 0 spiro atoms. The lowest BCUT2D eigenvalue weighted by atomic mass is 9.96. The van der Waals surface area contributed by atoms with Gasteiger partial charge in [0.1, 0.15) is 0 Å². The molecular weight excluding hydrogens is 314 g/mol. The number of aromatic amines is 1. The van der Waals surface area contributed by atoms with Crippen LogP contribution in [0.4, 0.5) is 0 Å². The van der Waals surface area contributed by atoms with Gasteiger partial charge in [-0.1, -0.05) is 86.9 Å². The van der Waals surface area contributed by atoms with Gasteiger partial charge >= 0.3 is 0 Å². The monoisotopic (exact) mass is 341 g/mol. The lowest BCUT2D eigenvalue weighted by Gasteiger charge is -2.06. The molecule has 0 radical (unpaired) electrons. The normalized spacial score (nSPS) is 12.2. The third-order valence-electron chi connectivity index (χ3n) is 4.74. The van der Waals surface area contributed by atoms with E-state index in [1.807, 2.05) is 6.07 Å². The van der Waals surface area contributed by atoms with Gasteiger partial charge in [0.2, 0.25) is 0 Å². The van der Waals surface area contributed by atoms with Gasteiger partial charge in [-0.3, -0.25) is 0 Å². The Morgan fingerprint density at radius 2 is 1.88 bits per heavy atom. The third kappa shape index (κ3) is 4.27. The topological polar surface area (TPSA) is 15.8 Å². The zero-order valence-corrected chi connectivity index (χ0v) is 15.8. The molecule has 0 aliphatic rings. The number of benzene rings is 2. The summed E-state index contributed by atoms with van der Waals surface area (Å²) < 4.78 is 0. The summed E-state index contributed by atoms with van der Waals surface area (Å²) in [5, 5.41) is 1.29. The molecule has 0 aliphatic carbocycles. The van der Waals surface area contributed by atoms with Crippen molar-refractivity contribution in [2.75, 3.05) is 0 Å². The molecule has 26 heavy (non-hydrogen) atoms. The number of hydrogen-bond acceptors (Lipinski definition) is 0. The molecule has 1 nitrogen and oxygen atoms in total. The highest BCUT2D eigenvalue weighted by Gasteiger charge is 2.12. The summed E-state index contributed by atoms with van der Waals surface area (Å²) in [5.41, 5.74) is 5.09. The lowest BCUT2D eigenvalue weighted by molar-refractivity contribution is 0.827. The van der Waals surface area contributed by atoms with Gasteiger partial charge in [0.25, 0.3) is 0 Å². The fourth-order valence-electron chi connectivity index (χ4n) is 3.24. The van der Waals surface area contributed by atoms with E-state index in [-0.39, 0.29) is 5.92 Å². The van der Waals surface area contributed by atoms with Crippen molar-refractivity contribution in [2.45, 2.75) is 45.4 Å². The minimum atomic E-state index is 0.105. The van der Waals surface area contributed by atoms with Crippen molar-refractivity contribution in [3.63, 3.8) is 0 Å². The predicted molar refractivity (Wildman–Crippen MR) is 113 cm³/mol. The molecule has 1 heterocycles. The van der Waals surface area contributed by atoms with Gasteiger partial charge in [-0.05, 0) is 29.5 Å². The number of unbranched alkanes of at least 4 members (excludes halogenated alkanes) is 2. The van der Waals surface area contributed by atoms with Gasteiger partial charge in [0.15, 0.2) is 0 Å². The summed E-state index contributed by atoms with van der Waals surface area (Å²) in [6.45, 7) is 4.41. The van der Waals surface area contributed by atoms with E-state index >= 15 is 0 Å². The average molecular weight is 341 g/mol. The molecule has 1 N–H and O–H groups in total. The highest BCUT2D eigenvalue weighted by Crippen LogP contribution is 2.29. The van der Waals surface area contributed by atoms with Gasteiger partial charge in [0, 0.05) is 23.5 Å². The van der Waals surface area contributed by atoms with E-state index in [2.05, 4.69) is 91.5 Å². The molecule has 3 aromatic rings. The maximum absolute atomic E-state index is 3.50. The van der Waals surface area contributed by atoms with Crippen molar-refractivity contribution in [3.8, 4) is 11.8 Å². The second-order valence-electron chi connectivity index (χ2n) is 6.61. The standard InChI is InChI=1S/C25H27N/c1-3-5-6-10-14-22(18-17-20-12-8-7-9-13-20)24-19-26-25-21(4-2)15-11-16-23(24)25/h7-9,11-13,15-19,22,26H,3-6H2,1-2H3/b18-17+. The largest absolute Gasteiger partial charge is 0.361 e. The van der Waals surface area contributed by atoms with Crippen LogP contribution in [0.25, 0.3) is 17.0 Å². The smallest absolute Gasteiger partial charge is 0.0656 e. The zero-order chi connectivity index (χ0) is 18.2.